The van der Waals surface area contributed by atoms with Gasteiger partial charge in [-0.1, -0.05) is 42.0 Å². The van der Waals surface area contributed by atoms with Crippen LogP contribution in [0.15, 0.2) is 71.3 Å². The van der Waals surface area contributed by atoms with Gasteiger partial charge in [0.05, 0.1) is 6.26 Å². The van der Waals surface area contributed by atoms with E-state index in [9.17, 15) is 14.0 Å². The van der Waals surface area contributed by atoms with E-state index < -0.39 is 18.0 Å². The number of ether oxygens (including phenoxy) is 1. The highest BCUT2D eigenvalue weighted by atomic mass is 19.1. The molecular weight excluding hydrogens is 349 g/mol. The molecule has 1 heterocycles. The normalized spacial score (nSPS) is 11.6. The maximum absolute atomic E-state index is 13.0. The molecule has 1 N–H and O–H groups in total. The van der Waals surface area contributed by atoms with Crippen LogP contribution in [0.2, 0.25) is 0 Å². The van der Waals surface area contributed by atoms with E-state index in [-0.39, 0.29) is 18.1 Å². The second-order valence-electron chi connectivity index (χ2n) is 6.02. The molecule has 0 aliphatic carbocycles. The summed E-state index contributed by atoms with van der Waals surface area (Å²) in [4.78, 5) is 24.9. The first-order chi connectivity index (χ1) is 13.0. The summed E-state index contributed by atoms with van der Waals surface area (Å²) < 4.78 is 23.4. The summed E-state index contributed by atoms with van der Waals surface area (Å²) in [6.07, 6.45) is 0.218. The van der Waals surface area contributed by atoms with Crippen molar-refractivity contribution in [2.45, 2.75) is 19.6 Å². The number of hydrogen-bond acceptors (Lipinski definition) is 4. The number of nitrogens with one attached hydrogen (secondary N) is 1. The number of halogens is 1. The van der Waals surface area contributed by atoms with Gasteiger partial charge in [0, 0.05) is 12.1 Å². The Hall–Kier alpha value is -3.41. The van der Waals surface area contributed by atoms with Gasteiger partial charge in [0.25, 0.3) is 5.91 Å². The van der Waals surface area contributed by atoms with Crippen LogP contribution in [0, 0.1) is 12.7 Å². The van der Waals surface area contributed by atoms with Crippen molar-refractivity contribution in [1.29, 1.82) is 0 Å². The molecule has 3 rings (SSSR count). The van der Waals surface area contributed by atoms with Gasteiger partial charge in [0.15, 0.2) is 0 Å². The van der Waals surface area contributed by atoms with Crippen molar-refractivity contribution in [3.63, 3.8) is 0 Å². The van der Waals surface area contributed by atoms with E-state index in [0.717, 1.165) is 11.1 Å². The van der Waals surface area contributed by atoms with E-state index in [1.54, 1.807) is 30.3 Å². The van der Waals surface area contributed by atoms with Crippen LogP contribution in [-0.4, -0.2) is 11.9 Å². The molecule has 1 unspecified atom stereocenters. The number of carbonyl (C=O) groups is 2. The van der Waals surface area contributed by atoms with E-state index in [4.69, 9.17) is 9.15 Å². The van der Waals surface area contributed by atoms with Crippen LogP contribution >= 0.6 is 0 Å². The molecule has 0 spiro atoms. The Bertz CT molecular complexity index is 902. The number of esters is 1. The number of aryl methyl sites for hydroxylation is 1. The highest BCUT2D eigenvalue weighted by molar-refractivity contribution is 5.90. The third kappa shape index (κ3) is 4.82. The van der Waals surface area contributed by atoms with Gasteiger partial charge in [-0.05, 0) is 36.8 Å². The second-order valence-corrected chi connectivity index (χ2v) is 6.02. The molecule has 0 bridgehead atoms. The summed E-state index contributed by atoms with van der Waals surface area (Å²) in [7, 11) is 0. The maximum atomic E-state index is 13.0. The molecule has 6 heteroatoms. The SMILES string of the molecule is Cc1ccc(C(OC(=O)c2ccco2)C(=O)NCc2ccc(F)cc2)cc1. The highest BCUT2D eigenvalue weighted by Crippen LogP contribution is 2.21. The fourth-order valence-corrected chi connectivity index (χ4v) is 2.46. The Labute approximate surface area is 155 Å². The summed E-state index contributed by atoms with van der Waals surface area (Å²) in [6, 6.07) is 15.9. The van der Waals surface area contributed by atoms with Crippen LogP contribution in [0.25, 0.3) is 0 Å². The van der Waals surface area contributed by atoms with Gasteiger partial charge in [0.2, 0.25) is 11.9 Å². The molecule has 27 heavy (non-hydrogen) atoms. The third-order valence-corrected chi connectivity index (χ3v) is 3.95. The Balaban J connectivity index is 1.75. The first kappa shape index (κ1) is 18.4. The minimum absolute atomic E-state index is 0.0125. The fourth-order valence-electron chi connectivity index (χ4n) is 2.46. The van der Waals surface area contributed by atoms with Crippen molar-refractivity contribution < 1.29 is 23.1 Å². The molecule has 2 aromatic carbocycles. The molecule has 1 atom stereocenters. The van der Waals surface area contributed by atoms with Crippen LogP contribution in [0.3, 0.4) is 0 Å². The van der Waals surface area contributed by atoms with E-state index in [0.29, 0.717) is 5.56 Å². The Kier molecular flexibility index (Phi) is 5.66. The number of hydrogen-bond donors (Lipinski definition) is 1. The topological polar surface area (TPSA) is 68.5 Å². The zero-order valence-corrected chi connectivity index (χ0v) is 14.6. The van der Waals surface area contributed by atoms with Gasteiger partial charge >= 0.3 is 5.97 Å². The smallest absolute Gasteiger partial charge is 0.375 e. The molecule has 138 valence electrons. The number of furan rings is 1. The summed E-state index contributed by atoms with van der Waals surface area (Å²) >= 11 is 0. The third-order valence-electron chi connectivity index (χ3n) is 3.95. The van der Waals surface area contributed by atoms with Crippen molar-refractivity contribution in [3.05, 3.63) is 95.2 Å². The van der Waals surface area contributed by atoms with E-state index >= 15 is 0 Å². The van der Waals surface area contributed by atoms with Crippen molar-refractivity contribution in [2.75, 3.05) is 0 Å². The van der Waals surface area contributed by atoms with Gasteiger partial charge < -0.3 is 14.5 Å². The minimum Gasteiger partial charge on any atom is -0.457 e. The molecular formula is C21H18FNO4. The van der Waals surface area contributed by atoms with Crippen molar-refractivity contribution in [1.82, 2.24) is 5.32 Å². The largest absolute Gasteiger partial charge is 0.457 e. The van der Waals surface area contributed by atoms with Crippen LogP contribution in [-0.2, 0) is 16.1 Å². The van der Waals surface area contributed by atoms with Crippen LogP contribution in [0.1, 0.15) is 33.3 Å². The maximum Gasteiger partial charge on any atom is 0.375 e. The second kappa shape index (κ2) is 8.31. The monoisotopic (exact) mass is 367 g/mol. The quantitative estimate of drug-likeness (QED) is 0.670. The lowest BCUT2D eigenvalue weighted by Crippen LogP contribution is -2.31. The number of carbonyl (C=O) groups excluding carboxylic acids is 2. The minimum atomic E-state index is -1.14. The molecule has 5 nitrogen and oxygen atoms in total. The number of amides is 1. The predicted octanol–water partition coefficient (Wildman–Crippen LogP) is 3.94. The van der Waals surface area contributed by atoms with Crippen molar-refractivity contribution in [3.8, 4) is 0 Å². The number of benzene rings is 2. The lowest BCUT2D eigenvalue weighted by Gasteiger charge is -2.18. The zero-order valence-electron chi connectivity index (χ0n) is 14.6. The zero-order chi connectivity index (χ0) is 19.2. The standard InChI is InChI=1S/C21H18FNO4/c1-14-4-8-16(9-5-14)19(27-21(25)18-3-2-12-26-18)20(24)23-13-15-6-10-17(22)11-7-15/h2-12,19H,13H2,1H3,(H,23,24). The van der Waals surface area contributed by atoms with Crippen LogP contribution in [0.4, 0.5) is 4.39 Å². The average Bonchev–Trinajstić information content (AvgIpc) is 3.21. The van der Waals surface area contributed by atoms with Gasteiger partial charge in [-0.15, -0.1) is 0 Å². The molecule has 1 amide bonds. The first-order valence-electron chi connectivity index (χ1n) is 8.36. The first-order valence-corrected chi connectivity index (χ1v) is 8.36. The lowest BCUT2D eigenvalue weighted by atomic mass is 10.1. The lowest BCUT2D eigenvalue weighted by molar-refractivity contribution is -0.130. The number of rotatable bonds is 6. The summed E-state index contributed by atoms with van der Waals surface area (Å²) in [5, 5.41) is 2.71. The summed E-state index contributed by atoms with van der Waals surface area (Å²) in [6.45, 7) is 2.10. The fraction of sp³-hybridized carbons (Fsp3) is 0.143. The summed E-state index contributed by atoms with van der Waals surface area (Å²) in [5.41, 5.74) is 2.28. The van der Waals surface area contributed by atoms with Crippen LogP contribution < -0.4 is 5.32 Å². The van der Waals surface area contributed by atoms with Gasteiger partial charge in [-0.3, -0.25) is 4.79 Å². The Morgan fingerprint density at radius 3 is 2.41 bits per heavy atom. The molecule has 0 radical (unpaired) electrons. The van der Waals surface area contributed by atoms with Gasteiger partial charge in [-0.25, -0.2) is 9.18 Å². The van der Waals surface area contributed by atoms with Crippen LogP contribution in [0.5, 0.6) is 0 Å². The molecule has 0 saturated heterocycles. The highest BCUT2D eigenvalue weighted by Gasteiger charge is 2.26. The molecule has 0 fully saturated rings. The Morgan fingerprint density at radius 2 is 1.78 bits per heavy atom. The predicted molar refractivity (Wildman–Crippen MR) is 96.3 cm³/mol. The molecule has 0 saturated carbocycles. The molecule has 0 aliphatic rings. The van der Waals surface area contributed by atoms with E-state index in [1.165, 1.54) is 24.5 Å². The Morgan fingerprint density at radius 1 is 1.07 bits per heavy atom. The van der Waals surface area contributed by atoms with Crippen molar-refractivity contribution in [2.24, 2.45) is 0 Å². The van der Waals surface area contributed by atoms with E-state index in [1.807, 2.05) is 19.1 Å². The molecule has 0 aliphatic heterocycles. The summed E-state index contributed by atoms with van der Waals surface area (Å²) in [5.74, 6) is -1.56. The average molecular weight is 367 g/mol. The van der Waals surface area contributed by atoms with Crippen molar-refractivity contribution >= 4 is 11.9 Å². The molecule has 3 aromatic rings. The van der Waals surface area contributed by atoms with Gasteiger partial charge in [-0.2, -0.15) is 0 Å². The van der Waals surface area contributed by atoms with E-state index in [2.05, 4.69) is 5.32 Å². The van der Waals surface area contributed by atoms with Gasteiger partial charge in [0.1, 0.15) is 5.82 Å². The molecule has 1 aromatic heterocycles.